The predicted octanol–water partition coefficient (Wildman–Crippen LogP) is 3.68. The molecular weight excluding hydrogens is 359 g/mol. The zero-order valence-corrected chi connectivity index (χ0v) is 15.7. The van der Waals surface area contributed by atoms with Gasteiger partial charge < -0.3 is 10.6 Å². The Morgan fingerprint density at radius 3 is 2.64 bits per heavy atom. The monoisotopic (exact) mass is 380 g/mol. The van der Waals surface area contributed by atoms with Crippen LogP contribution in [0.4, 0.5) is 4.39 Å². The molecule has 0 bridgehead atoms. The summed E-state index contributed by atoms with van der Waals surface area (Å²) in [4.78, 5) is 14.6. The molecule has 134 valence electrons. The van der Waals surface area contributed by atoms with Gasteiger partial charge in [-0.3, -0.25) is 4.79 Å². The Kier molecular flexibility index (Phi) is 6.87. The Morgan fingerprint density at radius 2 is 1.96 bits per heavy atom. The highest BCUT2D eigenvalue weighted by atomic mass is 35.5. The van der Waals surface area contributed by atoms with Gasteiger partial charge in [0.05, 0.1) is 0 Å². The van der Waals surface area contributed by atoms with E-state index in [4.69, 9.17) is 5.73 Å². The van der Waals surface area contributed by atoms with Crippen LogP contribution < -0.4 is 5.73 Å². The van der Waals surface area contributed by atoms with Gasteiger partial charge in [0.1, 0.15) is 5.82 Å². The van der Waals surface area contributed by atoms with Gasteiger partial charge in [-0.15, -0.1) is 12.4 Å². The van der Waals surface area contributed by atoms with E-state index in [0.717, 1.165) is 5.56 Å². The molecule has 0 spiro atoms. The Labute approximate surface area is 158 Å². The van der Waals surface area contributed by atoms with E-state index in [0.29, 0.717) is 30.0 Å². The molecule has 0 radical (unpaired) electrons. The largest absolute Gasteiger partial charge is 0.336 e. The highest BCUT2D eigenvalue weighted by Crippen LogP contribution is 2.28. The van der Waals surface area contributed by atoms with Crippen LogP contribution in [0.1, 0.15) is 27.4 Å². The van der Waals surface area contributed by atoms with Crippen molar-refractivity contribution >= 4 is 30.1 Å². The van der Waals surface area contributed by atoms with Crippen LogP contribution in [0, 0.1) is 5.82 Å². The van der Waals surface area contributed by atoms with E-state index in [-0.39, 0.29) is 36.1 Å². The first kappa shape index (κ1) is 19.8. The Morgan fingerprint density at radius 1 is 1.24 bits per heavy atom. The minimum Gasteiger partial charge on any atom is -0.336 e. The summed E-state index contributed by atoms with van der Waals surface area (Å²) in [5.74, 6) is 0.354. The molecule has 1 aliphatic rings. The lowest BCUT2D eigenvalue weighted by molar-refractivity contribution is 0.0789. The minimum atomic E-state index is -0.263. The number of nitrogens with two attached hydrogens (primary N) is 1. The molecule has 1 amide bonds. The molecule has 2 aromatic rings. The number of amides is 1. The molecule has 1 heterocycles. The van der Waals surface area contributed by atoms with Crippen molar-refractivity contribution in [3.8, 4) is 0 Å². The van der Waals surface area contributed by atoms with Gasteiger partial charge >= 0.3 is 0 Å². The van der Waals surface area contributed by atoms with Gasteiger partial charge in [0.15, 0.2) is 0 Å². The molecule has 2 N–H and O–H groups in total. The van der Waals surface area contributed by atoms with E-state index in [2.05, 4.69) is 0 Å². The summed E-state index contributed by atoms with van der Waals surface area (Å²) in [6.07, 6.45) is 1.91. The van der Waals surface area contributed by atoms with Crippen molar-refractivity contribution in [2.75, 3.05) is 19.3 Å². The van der Waals surface area contributed by atoms with Crippen LogP contribution in [0.3, 0.4) is 0 Å². The third-order valence-corrected chi connectivity index (χ3v) is 5.07. The molecule has 2 atom stereocenters. The zero-order chi connectivity index (χ0) is 17.1. The first-order valence-electron chi connectivity index (χ1n) is 7.97. The van der Waals surface area contributed by atoms with E-state index < -0.39 is 0 Å². The molecule has 0 saturated carbocycles. The van der Waals surface area contributed by atoms with Gasteiger partial charge in [0.25, 0.3) is 5.91 Å². The van der Waals surface area contributed by atoms with Crippen LogP contribution in [-0.2, 0) is 5.75 Å². The summed E-state index contributed by atoms with van der Waals surface area (Å²) in [5.41, 5.74) is 8.51. The Balaban J connectivity index is 0.00000225. The average Bonchev–Trinajstić information content (AvgIpc) is 2.99. The Bertz CT molecular complexity index is 729. The zero-order valence-electron chi connectivity index (χ0n) is 14.0. The third-order valence-electron chi connectivity index (χ3n) is 4.47. The number of rotatable bonds is 4. The molecule has 2 aromatic carbocycles. The topological polar surface area (TPSA) is 46.3 Å². The van der Waals surface area contributed by atoms with Crippen molar-refractivity contribution in [2.24, 2.45) is 5.73 Å². The number of thioether (sulfide) groups is 1. The number of nitrogens with zero attached hydrogens (tertiary/aromatic N) is 1. The molecule has 25 heavy (non-hydrogen) atoms. The van der Waals surface area contributed by atoms with Crippen molar-refractivity contribution in [3.63, 3.8) is 0 Å². The number of hydrogen-bond donors (Lipinski definition) is 1. The van der Waals surface area contributed by atoms with E-state index >= 15 is 0 Å². The van der Waals surface area contributed by atoms with Crippen LogP contribution in [-0.4, -0.2) is 36.2 Å². The van der Waals surface area contributed by atoms with Gasteiger partial charge in [-0.1, -0.05) is 30.3 Å². The van der Waals surface area contributed by atoms with Crippen molar-refractivity contribution in [2.45, 2.75) is 17.7 Å². The van der Waals surface area contributed by atoms with Crippen LogP contribution in [0.25, 0.3) is 0 Å². The van der Waals surface area contributed by atoms with Crippen LogP contribution in [0.5, 0.6) is 0 Å². The van der Waals surface area contributed by atoms with Crippen LogP contribution in [0.15, 0.2) is 48.5 Å². The lowest BCUT2D eigenvalue weighted by atomic mass is 9.95. The fourth-order valence-corrected chi connectivity index (χ4v) is 3.74. The van der Waals surface area contributed by atoms with Gasteiger partial charge in [-0.2, -0.15) is 11.8 Å². The second kappa shape index (κ2) is 8.70. The van der Waals surface area contributed by atoms with E-state index in [1.54, 1.807) is 17.0 Å². The van der Waals surface area contributed by atoms with Gasteiger partial charge in [-0.05, 0) is 35.6 Å². The highest BCUT2D eigenvalue weighted by molar-refractivity contribution is 7.97. The van der Waals surface area contributed by atoms with Crippen molar-refractivity contribution in [3.05, 3.63) is 71.0 Å². The smallest absolute Gasteiger partial charge is 0.253 e. The van der Waals surface area contributed by atoms with Crippen LogP contribution in [0.2, 0.25) is 0 Å². The third kappa shape index (κ3) is 4.35. The second-order valence-electron chi connectivity index (χ2n) is 6.13. The summed E-state index contributed by atoms with van der Waals surface area (Å²) in [6, 6.07) is 14.6. The number of carbonyl (C=O) groups excluding carboxylic acids is 1. The van der Waals surface area contributed by atoms with Crippen molar-refractivity contribution in [1.29, 1.82) is 0 Å². The van der Waals surface area contributed by atoms with Gasteiger partial charge in [0.2, 0.25) is 0 Å². The minimum absolute atomic E-state index is 0. The first-order valence-corrected chi connectivity index (χ1v) is 9.36. The number of hydrogen-bond acceptors (Lipinski definition) is 3. The quantitative estimate of drug-likeness (QED) is 0.880. The summed E-state index contributed by atoms with van der Waals surface area (Å²) in [5, 5.41) is 0. The van der Waals surface area contributed by atoms with E-state index in [1.807, 2.05) is 36.6 Å². The number of likely N-dealkylation sites (tertiary alicyclic amines) is 1. The summed E-state index contributed by atoms with van der Waals surface area (Å²) in [6.45, 7) is 1.12. The lowest BCUT2D eigenvalue weighted by Crippen LogP contribution is -2.32. The number of benzene rings is 2. The average molecular weight is 381 g/mol. The summed E-state index contributed by atoms with van der Waals surface area (Å²) < 4.78 is 13.8. The SMILES string of the molecule is CSCc1cc(C(=O)N2C[C@@H](N)[C@H](c3ccccc3)C2)ccc1F.Cl. The van der Waals surface area contributed by atoms with E-state index in [1.165, 1.54) is 17.8 Å². The molecule has 0 unspecified atom stereocenters. The van der Waals surface area contributed by atoms with Crippen molar-refractivity contribution < 1.29 is 9.18 Å². The predicted molar refractivity (Wildman–Crippen MR) is 104 cm³/mol. The normalized spacial score (nSPS) is 19.6. The summed E-state index contributed by atoms with van der Waals surface area (Å²) in [7, 11) is 0. The number of halogens is 2. The molecule has 3 nitrogen and oxygen atoms in total. The number of carbonyl (C=O) groups is 1. The van der Waals surface area contributed by atoms with Gasteiger partial charge in [-0.25, -0.2) is 4.39 Å². The lowest BCUT2D eigenvalue weighted by Gasteiger charge is -2.17. The Hall–Kier alpha value is -1.56. The second-order valence-corrected chi connectivity index (χ2v) is 7.00. The van der Waals surface area contributed by atoms with Gasteiger partial charge in [0, 0.05) is 36.4 Å². The van der Waals surface area contributed by atoms with Crippen LogP contribution >= 0.6 is 24.2 Å². The molecule has 6 heteroatoms. The standard InChI is InChI=1S/C19H21FN2OS.ClH/c1-24-12-15-9-14(7-8-17(15)20)19(23)22-10-16(18(21)11-22)13-5-3-2-4-6-13;/h2-9,16,18H,10-12,21H2,1H3;1H/t16-,18+;/m0./s1. The maximum Gasteiger partial charge on any atom is 0.253 e. The van der Waals surface area contributed by atoms with Crippen molar-refractivity contribution in [1.82, 2.24) is 4.90 Å². The maximum atomic E-state index is 13.8. The highest BCUT2D eigenvalue weighted by Gasteiger charge is 2.34. The molecule has 0 aromatic heterocycles. The molecule has 1 aliphatic heterocycles. The summed E-state index contributed by atoms with van der Waals surface area (Å²) >= 11 is 1.53. The first-order chi connectivity index (χ1) is 11.6. The maximum absolute atomic E-state index is 13.8. The fraction of sp³-hybridized carbons (Fsp3) is 0.316. The fourth-order valence-electron chi connectivity index (χ4n) is 3.20. The molecular formula is C19H22ClFN2OS. The molecule has 1 saturated heterocycles. The van der Waals surface area contributed by atoms with E-state index in [9.17, 15) is 9.18 Å². The molecule has 1 fully saturated rings. The molecule has 0 aliphatic carbocycles. The molecule has 3 rings (SSSR count).